The quantitative estimate of drug-likeness (QED) is 0.672. The van der Waals surface area contributed by atoms with Gasteiger partial charge in [0, 0.05) is 30.2 Å². The Bertz CT molecular complexity index is 936. The standard InChI is InChI=1S/C21H23N5OS/c1-2-26-18(16-10-14-22-15-11-16)24-25-20(26)28-21(12-6-7-13-21)19(27)23-17-8-4-3-5-9-17/h3-5,8-11,14-15H,2,6-7,12-13H2,1H3,(H,23,27). The van der Waals surface area contributed by atoms with E-state index in [-0.39, 0.29) is 5.91 Å². The maximum atomic E-state index is 13.2. The van der Waals surface area contributed by atoms with Crippen LogP contribution in [0.25, 0.3) is 11.4 Å². The summed E-state index contributed by atoms with van der Waals surface area (Å²) in [4.78, 5) is 17.3. The second-order valence-corrected chi connectivity index (χ2v) is 8.26. The minimum Gasteiger partial charge on any atom is -0.325 e. The van der Waals surface area contributed by atoms with Gasteiger partial charge in [-0.3, -0.25) is 9.78 Å². The zero-order valence-electron chi connectivity index (χ0n) is 15.8. The summed E-state index contributed by atoms with van der Waals surface area (Å²) in [5.74, 6) is 0.862. The molecule has 4 rings (SSSR count). The molecule has 6 nitrogen and oxygen atoms in total. The molecule has 0 radical (unpaired) electrons. The molecule has 2 heterocycles. The number of anilines is 1. The van der Waals surface area contributed by atoms with Gasteiger partial charge in [-0.05, 0) is 44.0 Å². The third kappa shape index (κ3) is 3.67. The predicted octanol–water partition coefficient (Wildman–Crippen LogP) is 4.40. The van der Waals surface area contributed by atoms with E-state index in [9.17, 15) is 4.79 Å². The smallest absolute Gasteiger partial charge is 0.241 e. The van der Waals surface area contributed by atoms with Crippen LogP contribution in [0.15, 0.2) is 60.0 Å². The number of nitrogens with one attached hydrogen (secondary N) is 1. The van der Waals surface area contributed by atoms with Crippen molar-refractivity contribution in [1.29, 1.82) is 0 Å². The number of rotatable bonds is 6. The highest BCUT2D eigenvalue weighted by atomic mass is 32.2. The highest BCUT2D eigenvalue weighted by molar-refractivity contribution is 8.01. The van der Waals surface area contributed by atoms with Crippen LogP contribution in [-0.2, 0) is 11.3 Å². The Balaban J connectivity index is 1.62. The maximum Gasteiger partial charge on any atom is 0.241 e. The van der Waals surface area contributed by atoms with Gasteiger partial charge in [0.25, 0.3) is 0 Å². The van der Waals surface area contributed by atoms with Crippen molar-refractivity contribution < 1.29 is 4.79 Å². The number of benzene rings is 1. The van der Waals surface area contributed by atoms with Crippen LogP contribution < -0.4 is 5.32 Å². The SMILES string of the molecule is CCn1c(SC2(C(=O)Nc3ccccc3)CCCC2)nnc1-c1ccncc1. The molecule has 1 N–H and O–H groups in total. The minimum absolute atomic E-state index is 0.0531. The zero-order chi connectivity index (χ0) is 19.4. The number of amides is 1. The Morgan fingerprint density at radius 3 is 2.50 bits per heavy atom. The third-order valence-electron chi connectivity index (χ3n) is 5.11. The molecule has 7 heteroatoms. The van der Waals surface area contributed by atoms with Crippen molar-refractivity contribution in [2.75, 3.05) is 5.32 Å². The van der Waals surface area contributed by atoms with Gasteiger partial charge in [-0.15, -0.1) is 10.2 Å². The van der Waals surface area contributed by atoms with E-state index in [0.29, 0.717) is 0 Å². The van der Waals surface area contributed by atoms with Crippen LogP contribution in [0.1, 0.15) is 32.6 Å². The Labute approximate surface area is 168 Å². The molecule has 0 spiro atoms. The minimum atomic E-state index is -0.509. The van der Waals surface area contributed by atoms with Gasteiger partial charge < -0.3 is 9.88 Å². The highest BCUT2D eigenvalue weighted by Crippen LogP contribution is 2.46. The summed E-state index contributed by atoms with van der Waals surface area (Å²) in [7, 11) is 0. The van der Waals surface area contributed by atoms with Crippen molar-refractivity contribution >= 4 is 23.4 Å². The summed E-state index contributed by atoms with van der Waals surface area (Å²) in [6.07, 6.45) is 7.29. The number of aromatic nitrogens is 4. The van der Waals surface area contributed by atoms with E-state index in [0.717, 1.165) is 54.5 Å². The monoisotopic (exact) mass is 393 g/mol. The van der Waals surface area contributed by atoms with E-state index in [1.54, 1.807) is 24.2 Å². The van der Waals surface area contributed by atoms with Gasteiger partial charge in [0.1, 0.15) is 4.75 Å². The van der Waals surface area contributed by atoms with Crippen LogP contribution in [0, 0.1) is 0 Å². The van der Waals surface area contributed by atoms with Gasteiger partial charge in [0.15, 0.2) is 11.0 Å². The lowest BCUT2D eigenvalue weighted by Gasteiger charge is -2.26. The fourth-order valence-corrected chi connectivity index (χ4v) is 5.02. The van der Waals surface area contributed by atoms with Gasteiger partial charge >= 0.3 is 0 Å². The summed E-state index contributed by atoms with van der Waals surface area (Å²) in [5.41, 5.74) is 1.80. The highest BCUT2D eigenvalue weighted by Gasteiger charge is 2.43. The summed E-state index contributed by atoms with van der Waals surface area (Å²) in [6, 6.07) is 13.5. The van der Waals surface area contributed by atoms with Crippen molar-refractivity contribution in [3.63, 3.8) is 0 Å². The van der Waals surface area contributed by atoms with Crippen molar-refractivity contribution in [3.8, 4) is 11.4 Å². The van der Waals surface area contributed by atoms with Gasteiger partial charge in [-0.25, -0.2) is 0 Å². The molecule has 0 atom stereocenters. The fourth-order valence-electron chi connectivity index (χ4n) is 3.63. The van der Waals surface area contributed by atoms with Crippen LogP contribution in [0.4, 0.5) is 5.69 Å². The number of para-hydroxylation sites is 1. The molecule has 28 heavy (non-hydrogen) atoms. The Morgan fingerprint density at radius 1 is 1.11 bits per heavy atom. The van der Waals surface area contributed by atoms with E-state index in [1.165, 1.54) is 0 Å². The van der Waals surface area contributed by atoms with E-state index in [4.69, 9.17) is 0 Å². The van der Waals surface area contributed by atoms with Crippen molar-refractivity contribution in [2.45, 2.75) is 49.1 Å². The number of hydrogen-bond donors (Lipinski definition) is 1. The van der Waals surface area contributed by atoms with Crippen molar-refractivity contribution in [3.05, 3.63) is 54.9 Å². The van der Waals surface area contributed by atoms with Crippen LogP contribution in [0.5, 0.6) is 0 Å². The molecule has 1 aliphatic carbocycles. The average molecular weight is 394 g/mol. The summed E-state index contributed by atoms with van der Waals surface area (Å²) in [5, 5.41) is 12.7. The van der Waals surface area contributed by atoms with Crippen LogP contribution >= 0.6 is 11.8 Å². The summed E-state index contributed by atoms with van der Waals surface area (Å²) < 4.78 is 1.57. The Morgan fingerprint density at radius 2 is 1.82 bits per heavy atom. The third-order valence-corrected chi connectivity index (χ3v) is 6.58. The largest absolute Gasteiger partial charge is 0.325 e. The van der Waals surface area contributed by atoms with E-state index in [2.05, 4.69) is 32.0 Å². The molecule has 0 unspecified atom stereocenters. The second kappa shape index (κ2) is 8.14. The van der Waals surface area contributed by atoms with Gasteiger partial charge in [-0.1, -0.05) is 42.8 Å². The van der Waals surface area contributed by atoms with Gasteiger partial charge in [0.05, 0.1) is 0 Å². The molecule has 144 valence electrons. The van der Waals surface area contributed by atoms with E-state index >= 15 is 0 Å². The first-order valence-electron chi connectivity index (χ1n) is 9.61. The lowest BCUT2D eigenvalue weighted by molar-refractivity contribution is -0.118. The molecule has 1 fully saturated rings. The second-order valence-electron chi connectivity index (χ2n) is 6.91. The van der Waals surface area contributed by atoms with Crippen LogP contribution in [0.3, 0.4) is 0 Å². The normalized spacial score (nSPS) is 15.5. The molecular formula is C21H23N5OS. The number of carbonyl (C=O) groups excluding carboxylic acids is 1. The number of nitrogens with zero attached hydrogens (tertiary/aromatic N) is 4. The fraction of sp³-hybridized carbons (Fsp3) is 0.333. The van der Waals surface area contributed by atoms with Crippen molar-refractivity contribution in [1.82, 2.24) is 19.7 Å². The molecule has 2 aromatic heterocycles. The molecule has 0 bridgehead atoms. The van der Waals surface area contributed by atoms with Crippen LogP contribution in [0.2, 0.25) is 0 Å². The lowest BCUT2D eigenvalue weighted by Crippen LogP contribution is -2.37. The molecule has 1 saturated carbocycles. The first kappa shape index (κ1) is 18.7. The van der Waals surface area contributed by atoms with Crippen molar-refractivity contribution in [2.24, 2.45) is 0 Å². The molecule has 3 aromatic rings. The number of pyridine rings is 1. The topological polar surface area (TPSA) is 72.7 Å². The number of thioether (sulfide) groups is 1. The van der Waals surface area contributed by atoms with E-state index < -0.39 is 4.75 Å². The number of carbonyl (C=O) groups is 1. The van der Waals surface area contributed by atoms with Crippen LogP contribution in [-0.4, -0.2) is 30.4 Å². The van der Waals surface area contributed by atoms with Gasteiger partial charge in [0.2, 0.25) is 5.91 Å². The molecule has 0 saturated heterocycles. The average Bonchev–Trinajstić information content (AvgIpc) is 3.37. The lowest BCUT2D eigenvalue weighted by atomic mass is 10.1. The maximum absolute atomic E-state index is 13.2. The Kier molecular flexibility index (Phi) is 5.43. The summed E-state index contributed by atoms with van der Waals surface area (Å²) in [6.45, 7) is 2.81. The molecule has 1 amide bonds. The first-order valence-corrected chi connectivity index (χ1v) is 10.4. The molecule has 1 aromatic carbocycles. The summed E-state index contributed by atoms with van der Waals surface area (Å²) >= 11 is 1.55. The van der Waals surface area contributed by atoms with E-state index in [1.807, 2.05) is 42.5 Å². The first-order chi connectivity index (χ1) is 13.7. The predicted molar refractivity (Wildman–Crippen MR) is 111 cm³/mol. The zero-order valence-corrected chi connectivity index (χ0v) is 16.7. The van der Waals surface area contributed by atoms with Gasteiger partial charge in [-0.2, -0.15) is 0 Å². The molecular weight excluding hydrogens is 370 g/mol. The number of hydrogen-bond acceptors (Lipinski definition) is 5. The molecule has 1 aliphatic rings. The molecule has 0 aliphatic heterocycles. The Hall–Kier alpha value is -2.67.